The molecule has 2 N–H and O–H groups in total. The van der Waals surface area contributed by atoms with Gasteiger partial charge in [-0.2, -0.15) is 0 Å². The Labute approximate surface area is 154 Å². The van der Waals surface area contributed by atoms with Crippen molar-refractivity contribution >= 4 is 39.2 Å². The molecule has 0 fully saturated rings. The molecule has 0 atom stereocenters. The summed E-state index contributed by atoms with van der Waals surface area (Å²) in [5.41, 5.74) is 3.69. The average molecular weight is 397 g/mol. The summed E-state index contributed by atoms with van der Waals surface area (Å²) in [7, 11) is 0. The van der Waals surface area contributed by atoms with Crippen molar-refractivity contribution in [1.82, 2.24) is 9.97 Å². The second-order valence-electron chi connectivity index (χ2n) is 5.59. The number of amides is 1. The molecule has 0 saturated carbocycles. The van der Waals surface area contributed by atoms with Crippen molar-refractivity contribution in [2.24, 2.45) is 0 Å². The lowest BCUT2D eigenvalue weighted by Crippen LogP contribution is -2.16. The Morgan fingerprint density at radius 3 is 2.36 bits per heavy atom. The zero-order valence-electron chi connectivity index (χ0n) is 13.9. The van der Waals surface area contributed by atoms with Crippen molar-refractivity contribution < 1.29 is 4.79 Å². The van der Waals surface area contributed by atoms with Crippen molar-refractivity contribution in [3.8, 4) is 0 Å². The first-order chi connectivity index (χ1) is 12.0. The second kappa shape index (κ2) is 7.44. The first-order valence-corrected chi connectivity index (χ1v) is 8.56. The number of nitrogens with one attached hydrogen (secondary N) is 2. The van der Waals surface area contributed by atoms with E-state index in [2.05, 4.69) is 36.5 Å². The fourth-order valence-corrected chi connectivity index (χ4v) is 2.71. The molecule has 1 amide bonds. The van der Waals surface area contributed by atoms with Crippen molar-refractivity contribution in [3.05, 3.63) is 76.0 Å². The lowest BCUT2D eigenvalue weighted by molar-refractivity contribution is 0.102. The van der Waals surface area contributed by atoms with Gasteiger partial charge in [-0.1, -0.05) is 30.3 Å². The summed E-state index contributed by atoms with van der Waals surface area (Å²) in [5.74, 6) is 0.108. The number of nitrogens with zero attached hydrogens (tertiary/aromatic N) is 2. The molecule has 0 unspecified atom stereocenters. The molecule has 2 aromatic carbocycles. The Balaban J connectivity index is 1.85. The van der Waals surface area contributed by atoms with Crippen LogP contribution < -0.4 is 10.6 Å². The van der Waals surface area contributed by atoms with Crippen LogP contribution in [0.1, 0.15) is 21.7 Å². The Hall–Kier alpha value is -2.73. The zero-order valence-corrected chi connectivity index (χ0v) is 15.5. The molecule has 6 heteroatoms. The minimum absolute atomic E-state index is 0.287. The van der Waals surface area contributed by atoms with E-state index in [1.807, 2.05) is 62.4 Å². The van der Waals surface area contributed by atoms with E-state index in [0.29, 0.717) is 23.0 Å². The Bertz CT molecular complexity index is 927. The van der Waals surface area contributed by atoms with Gasteiger partial charge in [0.05, 0.1) is 5.69 Å². The van der Waals surface area contributed by atoms with Gasteiger partial charge in [0.15, 0.2) is 0 Å². The standard InChI is InChI=1S/C19H17BrN4O/c1-12-7-3-5-9-15(12)23-19-21-13(2)11-17(24-19)18(25)22-16-10-6-4-8-14(16)20/h3-11H,1-2H3,(H,22,25)(H,21,23,24). The van der Waals surface area contributed by atoms with Crippen LogP contribution in [0.25, 0.3) is 0 Å². The number of para-hydroxylation sites is 2. The van der Waals surface area contributed by atoms with Gasteiger partial charge in [-0.3, -0.25) is 4.79 Å². The highest BCUT2D eigenvalue weighted by atomic mass is 79.9. The summed E-state index contributed by atoms with van der Waals surface area (Å²) in [6, 6.07) is 16.9. The van der Waals surface area contributed by atoms with Crippen molar-refractivity contribution in [1.29, 1.82) is 0 Å². The van der Waals surface area contributed by atoms with E-state index in [1.165, 1.54) is 0 Å². The van der Waals surface area contributed by atoms with E-state index < -0.39 is 0 Å². The van der Waals surface area contributed by atoms with E-state index in [9.17, 15) is 4.79 Å². The molecule has 0 aliphatic rings. The summed E-state index contributed by atoms with van der Waals surface area (Å²) in [5, 5.41) is 6.02. The van der Waals surface area contributed by atoms with Crippen molar-refractivity contribution in [3.63, 3.8) is 0 Å². The third-order valence-electron chi connectivity index (χ3n) is 3.60. The van der Waals surface area contributed by atoms with Crippen LogP contribution in [0.2, 0.25) is 0 Å². The van der Waals surface area contributed by atoms with E-state index in [4.69, 9.17) is 0 Å². The van der Waals surface area contributed by atoms with Crippen LogP contribution in [-0.2, 0) is 0 Å². The molecule has 126 valence electrons. The van der Waals surface area contributed by atoms with Crippen LogP contribution in [0, 0.1) is 13.8 Å². The molecule has 0 bridgehead atoms. The fourth-order valence-electron chi connectivity index (χ4n) is 2.32. The number of hydrogen-bond acceptors (Lipinski definition) is 4. The molecule has 5 nitrogen and oxygen atoms in total. The lowest BCUT2D eigenvalue weighted by atomic mass is 10.2. The molecule has 1 heterocycles. The highest BCUT2D eigenvalue weighted by Gasteiger charge is 2.12. The number of aryl methyl sites for hydroxylation is 2. The van der Waals surface area contributed by atoms with Gasteiger partial charge in [-0.05, 0) is 59.6 Å². The number of carbonyl (C=O) groups excluding carboxylic acids is 1. The number of benzene rings is 2. The van der Waals surface area contributed by atoms with E-state index >= 15 is 0 Å². The number of rotatable bonds is 4. The first-order valence-electron chi connectivity index (χ1n) is 7.77. The highest BCUT2D eigenvalue weighted by Crippen LogP contribution is 2.22. The topological polar surface area (TPSA) is 66.9 Å². The van der Waals surface area contributed by atoms with Gasteiger partial charge in [0.2, 0.25) is 5.95 Å². The molecule has 3 rings (SSSR count). The van der Waals surface area contributed by atoms with E-state index in [1.54, 1.807) is 6.07 Å². The Morgan fingerprint density at radius 2 is 1.64 bits per heavy atom. The van der Waals surface area contributed by atoms with Crippen LogP contribution in [0.4, 0.5) is 17.3 Å². The quantitative estimate of drug-likeness (QED) is 0.661. The van der Waals surface area contributed by atoms with Crippen LogP contribution in [-0.4, -0.2) is 15.9 Å². The summed E-state index contributed by atoms with van der Waals surface area (Å²) >= 11 is 3.42. The third kappa shape index (κ3) is 4.22. The molecule has 0 radical (unpaired) electrons. The predicted molar refractivity (Wildman–Crippen MR) is 103 cm³/mol. The van der Waals surface area contributed by atoms with Gasteiger partial charge >= 0.3 is 0 Å². The lowest BCUT2D eigenvalue weighted by Gasteiger charge is -2.11. The van der Waals surface area contributed by atoms with Gasteiger partial charge in [-0.25, -0.2) is 9.97 Å². The van der Waals surface area contributed by atoms with Crippen LogP contribution in [0.15, 0.2) is 59.1 Å². The number of hydrogen-bond donors (Lipinski definition) is 2. The monoisotopic (exact) mass is 396 g/mol. The van der Waals surface area contributed by atoms with Gasteiger partial charge in [0, 0.05) is 15.9 Å². The SMILES string of the molecule is Cc1cc(C(=O)Nc2ccccc2Br)nc(Nc2ccccc2C)n1. The molecule has 0 aliphatic heterocycles. The minimum Gasteiger partial charge on any atom is -0.324 e. The van der Waals surface area contributed by atoms with Gasteiger partial charge in [0.1, 0.15) is 5.69 Å². The molecule has 1 aromatic heterocycles. The van der Waals surface area contributed by atoms with Gasteiger partial charge in [-0.15, -0.1) is 0 Å². The molecular weight excluding hydrogens is 380 g/mol. The number of carbonyl (C=O) groups is 1. The number of aromatic nitrogens is 2. The largest absolute Gasteiger partial charge is 0.324 e. The summed E-state index contributed by atoms with van der Waals surface area (Å²) in [6.45, 7) is 3.83. The summed E-state index contributed by atoms with van der Waals surface area (Å²) < 4.78 is 0.812. The Kier molecular flexibility index (Phi) is 5.09. The summed E-state index contributed by atoms with van der Waals surface area (Å²) in [4.78, 5) is 21.3. The second-order valence-corrected chi connectivity index (χ2v) is 6.45. The molecule has 3 aromatic rings. The van der Waals surface area contributed by atoms with Gasteiger partial charge in [0.25, 0.3) is 5.91 Å². The van der Waals surface area contributed by atoms with E-state index in [0.717, 1.165) is 15.7 Å². The van der Waals surface area contributed by atoms with Crippen molar-refractivity contribution in [2.45, 2.75) is 13.8 Å². The molecule has 0 spiro atoms. The molecule has 0 aliphatic carbocycles. The predicted octanol–water partition coefficient (Wildman–Crippen LogP) is 4.85. The zero-order chi connectivity index (χ0) is 17.8. The maximum atomic E-state index is 12.5. The summed E-state index contributed by atoms with van der Waals surface area (Å²) in [6.07, 6.45) is 0. The van der Waals surface area contributed by atoms with Gasteiger partial charge < -0.3 is 10.6 Å². The molecule has 0 saturated heterocycles. The molecular formula is C19H17BrN4O. The van der Waals surface area contributed by atoms with Crippen LogP contribution >= 0.6 is 15.9 Å². The first kappa shape index (κ1) is 17.1. The third-order valence-corrected chi connectivity index (χ3v) is 4.29. The van der Waals surface area contributed by atoms with Crippen LogP contribution in [0.3, 0.4) is 0 Å². The van der Waals surface area contributed by atoms with E-state index in [-0.39, 0.29) is 5.91 Å². The maximum absolute atomic E-state index is 12.5. The fraction of sp³-hybridized carbons (Fsp3) is 0.105. The van der Waals surface area contributed by atoms with Crippen LogP contribution in [0.5, 0.6) is 0 Å². The Morgan fingerprint density at radius 1 is 0.960 bits per heavy atom. The average Bonchev–Trinajstić information content (AvgIpc) is 2.58. The maximum Gasteiger partial charge on any atom is 0.274 e. The highest BCUT2D eigenvalue weighted by molar-refractivity contribution is 9.10. The number of anilines is 3. The molecule has 25 heavy (non-hydrogen) atoms. The normalized spacial score (nSPS) is 10.4. The van der Waals surface area contributed by atoms with Crippen molar-refractivity contribution in [2.75, 3.05) is 10.6 Å². The smallest absolute Gasteiger partial charge is 0.274 e. The number of halogens is 1. The minimum atomic E-state index is -0.287.